The van der Waals surface area contributed by atoms with Gasteiger partial charge in [-0.05, 0) is 79.1 Å². The third-order valence-electron chi connectivity index (χ3n) is 12.2. The number of aromatic nitrogens is 3. The number of rotatable bonds is 14. The number of fused-ring (bicyclic) bond motifs is 2. The number of ketones is 1. The lowest BCUT2D eigenvalue weighted by Crippen LogP contribution is -2.53. The number of carbonyl (C=O) groups excluding carboxylic acids is 1. The normalized spacial score (nSPS) is 21.3. The molecule has 2 aromatic carbocycles. The summed E-state index contributed by atoms with van der Waals surface area (Å²) in [5.41, 5.74) is 0.645. The predicted molar refractivity (Wildman–Crippen MR) is 214 cm³/mol. The molecule has 4 aliphatic rings. The summed E-state index contributed by atoms with van der Waals surface area (Å²) in [6.45, 7) is 16.0. The summed E-state index contributed by atoms with van der Waals surface area (Å²) >= 11 is 0. The number of nitrogens with one attached hydrogen (secondary N) is 1. The molecule has 0 radical (unpaired) electrons. The lowest BCUT2D eigenvalue weighted by Gasteiger charge is -2.47. The second-order valence-electron chi connectivity index (χ2n) is 17.5. The van der Waals surface area contributed by atoms with Crippen molar-refractivity contribution in [2.75, 3.05) is 70.7 Å². The molecular formula is C42H54F2N6O4Si. The number of aryl methyl sites for hydroxylation is 1. The van der Waals surface area contributed by atoms with Crippen LogP contribution < -0.4 is 19.7 Å². The maximum absolute atomic E-state index is 17.4. The highest BCUT2D eigenvalue weighted by molar-refractivity contribution is 6.76. The molecule has 4 fully saturated rings. The number of ether oxygens (including phenoxy) is 3. The van der Waals surface area contributed by atoms with Gasteiger partial charge in [0.15, 0.2) is 12.6 Å². The van der Waals surface area contributed by atoms with E-state index in [9.17, 15) is 4.79 Å². The molecule has 4 aromatic rings. The molecule has 2 saturated heterocycles. The van der Waals surface area contributed by atoms with Crippen LogP contribution >= 0.6 is 0 Å². The number of pyridine rings is 1. The molecule has 55 heavy (non-hydrogen) atoms. The van der Waals surface area contributed by atoms with E-state index < -0.39 is 13.9 Å². The maximum Gasteiger partial charge on any atom is 0.319 e. The number of Topliss-reactive ketones (excluding diaryl/α,β-unsaturated/α-hetero) is 1. The first-order valence-electron chi connectivity index (χ1n) is 20.1. The van der Waals surface area contributed by atoms with Crippen molar-refractivity contribution < 1.29 is 27.8 Å². The van der Waals surface area contributed by atoms with Crippen LogP contribution in [-0.4, -0.2) is 99.5 Å². The van der Waals surface area contributed by atoms with Crippen LogP contribution in [0, 0.1) is 22.5 Å². The van der Waals surface area contributed by atoms with Crippen LogP contribution in [0.3, 0.4) is 0 Å². The molecular weight excluding hydrogens is 719 g/mol. The summed E-state index contributed by atoms with van der Waals surface area (Å²) in [4.78, 5) is 31.9. The molecule has 2 aliphatic heterocycles. The lowest BCUT2D eigenvalue weighted by atomic mass is 9.63. The van der Waals surface area contributed by atoms with Gasteiger partial charge in [-0.3, -0.25) is 9.78 Å². The molecule has 294 valence electrons. The largest absolute Gasteiger partial charge is 0.468 e. The Morgan fingerprint density at radius 2 is 1.82 bits per heavy atom. The van der Waals surface area contributed by atoms with Gasteiger partial charge in [0.05, 0.1) is 12.0 Å². The fourth-order valence-electron chi connectivity index (χ4n) is 8.58. The highest BCUT2D eigenvalue weighted by Gasteiger charge is 2.49. The van der Waals surface area contributed by atoms with E-state index in [4.69, 9.17) is 29.2 Å². The Labute approximate surface area is 323 Å². The number of piperazine rings is 1. The van der Waals surface area contributed by atoms with Crippen molar-refractivity contribution in [3.05, 3.63) is 47.7 Å². The van der Waals surface area contributed by atoms with Gasteiger partial charge in [-0.15, -0.1) is 0 Å². The van der Waals surface area contributed by atoms with Crippen molar-refractivity contribution in [2.24, 2.45) is 10.8 Å². The first kappa shape index (κ1) is 38.1. The smallest absolute Gasteiger partial charge is 0.319 e. The Hall–Kier alpha value is -3.78. The Morgan fingerprint density at radius 3 is 2.53 bits per heavy atom. The fraction of sp³-hybridized carbons (Fsp3) is 0.571. The number of hydrogen-bond donors (Lipinski definition) is 1. The minimum Gasteiger partial charge on any atom is -0.468 e. The van der Waals surface area contributed by atoms with Gasteiger partial charge in [0, 0.05) is 89.5 Å². The third kappa shape index (κ3) is 7.95. The average Bonchev–Trinajstić information content (AvgIpc) is 3.95. The molecule has 2 aliphatic carbocycles. The second-order valence-corrected chi connectivity index (χ2v) is 23.1. The van der Waals surface area contributed by atoms with E-state index >= 15 is 8.78 Å². The first-order chi connectivity index (χ1) is 26.5. The van der Waals surface area contributed by atoms with Crippen molar-refractivity contribution in [1.82, 2.24) is 25.2 Å². The van der Waals surface area contributed by atoms with Crippen molar-refractivity contribution in [3.8, 4) is 23.0 Å². The standard InChI is InChI=1S/C42H54F2N6O4Si/c1-5-30-33(43)8-7-28-21-29(54-27-52-19-20-55(2,3)4)22-31(35(28)30)37-36(44)38-32(23-46-37)39(50-16-6-10-42(25-50)11-9-34(42)51)48-40(47-38)53-26-41(12-13-41)24-49-17-14-45-15-18-49/h7-8,21-23,45H,5-6,9-20,24-27H2,1-4H3/t42-/m0/s1. The Morgan fingerprint density at radius 1 is 1.00 bits per heavy atom. The van der Waals surface area contributed by atoms with E-state index in [0.29, 0.717) is 78.0 Å². The van der Waals surface area contributed by atoms with Crippen LogP contribution in [0.5, 0.6) is 11.8 Å². The van der Waals surface area contributed by atoms with Gasteiger partial charge in [0.1, 0.15) is 34.4 Å². The van der Waals surface area contributed by atoms with Crippen molar-refractivity contribution in [3.63, 3.8) is 0 Å². The van der Waals surface area contributed by atoms with E-state index in [1.807, 2.05) is 13.0 Å². The maximum atomic E-state index is 17.4. The highest BCUT2D eigenvalue weighted by atomic mass is 28.3. The van der Waals surface area contributed by atoms with Crippen LogP contribution in [0.2, 0.25) is 25.7 Å². The quantitative estimate of drug-likeness (QED) is 0.0794. The van der Waals surface area contributed by atoms with E-state index in [-0.39, 0.29) is 46.4 Å². The van der Waals surface area contributed by atoms with Gasteiger partial charge < -0.3 is 29.3 Å². The van der Waals surface area contributed by atoms with Crippen LogP contribution in [0.1, 0.15) is 51.0 Å². The number of piperidine rings is 1. The molecule has 0 bridgehead atoms. The molecule has 4 heterocycles. The molecule has 0 unspecified atom stereocenters. The number of carbonyl (C=O) groups is 1. The first-order valence-corrected chi connectivity index (χ1v) is 23.8. The van der Waals surface area contributed by atoms with Crippen LogP contribution in [0.15, 0.2) is 30.5 Å². The Bertz CT molecular complexity index is 2090. The molecule has 0 amide bonds. The van der Waals surface area contributed by atoms with Gasteiger partial charge in [0.25, 0.3) is 0 Å². The van der Waals surface area contributed by atoms with Crippen molar-refractivity contribution in [2.45, 2.75) is 77.6 Å². The molecule has 2 saturated carbocycles. The summed E-state index contributed by atoms with van der Waals surface area (Å²) in [5.74, 6) is 0.287. The molecule has 2 aromatic heterocycles. The zero-order valence-electron chi connectivity index (χ0n) is 32.7. The molecule has 1 N–H and O–H groups in total. The number of halogens is 2. The van der Waals surface area contributed by atoms with Crippen LogP contribution in [0.25, 0.3) is 32.9 Å². The summed E-state index contributed by atoms with van der Waals surface area (Å²) in [5, 5.41) is 5.17. The second kappa shape index (κ2) is 15.3. The minimum absolute atomic E-state index is 0.0175. The summed E-state index contributed by atoms with van der Waals surface area (Å²) in [6.07, 6.45) is 7.28. The van der Waals surface area contributed by atoms with E-state index in [2.05, 4.69) is 34.8 Å². The third-order valence-corrected chi connectivity index (χ3v) is 13.9. The fourth-order valence-corrected chi connectivity index (χ4v) is 9.33. The Balaban J connectivity index is 1.18. The van der Waals surface area contributed by atoms with Crippen molar-refractivity contribution >= 4 is 41.4 Å². The molecule has 8 rings (SSSR count). The minimum atomic E-state index is -1.28. The van der Waals surface area contributed by atoms with Gasteiger partial charge in [-0.1, -0.05) is 32.6 Å². The highest BCUT2D eigenvalue weighted by Crippen LogP contribution is 2.48. The number of nitrogens with zero attached hydrogens (tertiary/aromatic N) is 5. The van der Waals surface area contributed by atoms with Gasteiger partial charge >= 0.3 is 6.01 Å². The van der Waals surface area contributed by atoms with Crippen molar-refractivity contribution in [1.29, 1.82) is 0 Å². The monoisotopic (exact) mass is 772 g/mol. The van der Waals surface area contributed by atoms with Gasteiger partial charge in [0.2, 0.25) is 0 Å². The van der Waals surface area contributed by atoms with Gasteiger partial charge in [-0.2, -0.15) is 9.97 Å². The molecule has 1 atom stereocenters. The van der Waals surface area contributed by atoms with E-state index in [1.165, 1.54) is 6.07 Å². The summed E-state index contributed by atoms with van der Waals surface area (Å²) < 4.78 is 51.1. The zero-order valence-corrected chi connectivity index (χ0v) is 33.7. The van der Waals surface area contributed by atoms with E-state index in [0.717, 1.165) is 70.9 Å². The number of anilines is 1. The molecule has 10 nitrogen and oxygen atoms in total. The topological polar surface area (TPSA) is 102 Å². The summed E-state index contributed by atoms with van der Waals surface area (Å²) in [6, 6.07) is 7.82. The van der Waals surface area contributed by atoms with Crippen LogP contribution in [0.4, 0.5) is 14.6 Å². The predicted octanol–water partition coefficient (Wildman–Crippen LogP) is 7.39. The molecule has 13 heteroatoms. The SMILES string of the molecule is CCc1c(F)ccc2cc(OCOCC[Si](C)(C)C)cc(-c3ncc4c(N5CCC[C@]6(CCC6=O)C5)nc(OCC5(CN6CCNCC6)CC5)nc4c3F)c12. The summed E-state index contributed by atoms with van der Waals surface area (Å²) in [7, 11) is -1.28. The Kier molecular flexibility index (Phi) is 10.6. The molecule has 1 spiro atoms. The zero-order chi connectivity index (χ0) is 38.4. The number of benzene rings is 2. The van der Waals surface area contributed by atoms with Gasteiger partial charge in [-0.25, -0.2) is 8.78 Å². The van der Waals surface area contributed by atoms with Crippen LogP contribution in [-0.2, 0) is 16.0 Å². The number of hydrogen-bond acceptors (Lipinski definition) is 10. The van der Waals surface area contributed by atoms with E-state index in [1.54, 1.807) is 18.3 Å². The average molecular weight is 773 g/mol. The lowest BCUT2D eigenvalue weighted by molar-refractivity contribution is -0.138.